The van der Waals surface area contributed by atoms with Gasteiger partial charge in [-0.3, -0.25) is 0 Å². The van der Waals surface area contributed by atoms with E-state index in [4.69, 9.17) is 21.1 Å². The molecule has 1 atom stereocenters. The highest BCUT2D eigenvalue weighted by molar-refractivity contribution is 6.30. The first-order valence-corrected chi connectivity index (χ1v) is 6.74. The van der Waals surface area contributed by atoms with Crippen LogP contribution in [0.2, 0.25) is 5.02 Å². The van der Waals surface area contributed by atoms with Gasteiger partial charge >= 0.3 is 0 Å². The topological polar surface area (TPSA) is 38.7 Å². The highest BCUT2D eigenvalue weighted by Crippen LogP contribution is 2.23. The number of hydrogen-bond acceptors (Lipinski definition) is 3. The molecule has 0 spiro atoms. The van der Waals surface area contributed by atoms with Crippen molar-refractivity contribution < 1.29 is 14.6 Å². The molecule has 2 aromatic carbocycles. The molecular weight excluding hydrogens is 276 g/mol. The second kappa shape index (κ2) is 7.17. The number of aliphatic hydroxyl groups excluding tert-OH is 1. The Kier molecular flexibility index (Phi) is 5.27. The Morgan fingerprint density at radius 3 is 2.55 bits per heavy atom. The number of methoxy groups -OCH3 is 1. The number of halogens is 1. The van der Waals surface area contributed by atoms with Crippen molar-refractivity contribution in [2.45, 2.75) is 5.92 Å². The van der Waals surface area contributed by atoms with Crippen LogP contribution in [0.4, 0.5) is 0 Å². The normalized spacial score (nSPS) is 11.9. The monoisotopic (exact) mass is 292 g/mol. The van der Waals surface area contributed by atoms with E-state index in [1.807, 2.05) is 36.4 Å². The van der Waals surface area contributed by atoms with Crippen LogP contribution in [0.1, 0.15) is 11.5 Å². The highest BCUT2D eigenvalue weighted by Gasteiger charge is 2.12. The molecule has 20 heavy (non-hydrogen) atoms. The molecule has 0 aromatic heterocycles. The lowest BCUT2D eigenvalue weighted by atomic mass is 10.0. The van der Waals surface area contributed by atoms with Gasteiger partial charge in [0, 0.05) is 10.9 Å². The molecular formula is C16H17ClO3. The minimum atomic E-state index is -0.107. The van der Waals surface area contributed by atoms with Gasteiger partial charge in [0.25, 0.3) is 0 Å². The molecule has 0 aliphatic carbocycles. The van der Waals surface area contributed by atoms with Crippen LogP contribution in [-0.2, 0) is 0 Å². The summed E-state index contributed by atoms with van der Waals surface area (Å²) in [5, 5.41) is 10.2. The van der Waals surface area contributed by atoms with Gasteiger partial charge in [-0.2, -0.15) is 0 Å². The van der Waals surface area contributed by atoms with Crippen molar-refractivity contribution in [1.82, 2.24) is 0 Å². The minimum absolute atomic E-state index is 0.00767. The molecule has 1 unspecified atom stereocenters. The molecule has 1 N–H and O–H groups in total. The van der Waals surface area contributed by atoms with Crippen molar-refractivity contribution in [3.63, 3.8) is 0 Å². The maximum Gasteiger partial charge on any atom is 0.120 e. The number of ether oxygens (including phenoxy) is 2. The fourth-order valence-corrected chi connectivity index (χ4v) is 2.08. The van der Waals surface area contributed by atoms with Gasteiger partial charge in [0.2, 0.25) is 0 Å². The van der Waals surface area contributed by atoms with Crippen LogP contribution in [0.5, 0.6) is 11.5 Å². The lowest BCUT2D eigenvalue weighted by Gasteiger charge is -2.16. The molecule has 3 nitrogen and oxygen atoms in total. The van der Waals surface area contributed by atoms with Gasteiger partial charge in [0.1, 0.15) is 11.5 Å². The van der Waals surface area contributed by atoms with Gasteiger partial charge < -0.3 is 14.6 Å². The lowest BCUT2D eigenvalue weighted by Crippen LogP contribution is -2.14. The number of rotatable bonds is 6. The smallest absolute Gasteiger partial charge is 0.120 e. The van der Waals surface area contributed by atoms with Gasteiger partial charge in [0.15, 0.2) is 0 Å². The molecule has 106 valence electrons. The SMILES string of the molecule is COc1cccc(C(CO)COc2cccc(Cl)c2)c1. The number of hydrogen-bond donors (Lipinski definition) is 1. The fraction of sp³-hybridized carbons (Fsp3) is 0.250. The van der Waals surface area contributed by atoms with Gasteiger partial charge in [0.05, 0.1) is 20.3 Å². The van der Waals surface area contributed by atoms with E-state index in [1.165, 1.54) is 0 Å². The van der Waals surface area contributed by atoms with Crippen LogP contribution in [0.15, 0.2) is 48.5 Å². The number of aliphatic hydroxyl groups is 1. The minimum Gasteiger partial charge on any atom is -0.497 e. The Labute approximate surface area is 123 Å². The summed E-state index contributed by atoms with van der Waals surface area (Å²) in [6.07, 6.45) is 0. The van der Waals surface area contributed by atoms with Crippen molar-refractivity contribution in [3.05, 3.63) is 59.1 Å². The standard InChI is InChI=1S/C16H17ClO3/c1-19-15-6-2-4-12(8-15)13(10-18)11-20-16-7-3-5-14(17)9-16/h2-9,13,18H,10-11H2,1H3. The third kappa shape index (κ3) is 3.89. The van der Waals surface area contributed by atoms with Crippen LogP contribution < -0.4 is 9.47 Å². The summed E-state index contributed by atoms with van der Waals surface area (Å²) in [6.45, 7) is 0.387. The maximum absolute atomic E-state index is 9.53. The summed E-state index contributed by atoms with van der Waals surface area (Å²) < 4.78 is 10.9. The first-order chi connectivity index (χ1) is 9.72. The average molecular weight is 293 g/mol. The van der Waals surface area contributed by atoms with Crippen LogP contribution in [-0.4, -0.2) is 25.4 Å². The predicted molar refractivity (Wildman–Crippen MR) is 79.8 cm³/mol. The molecule has 0 radical (unpaired) electrons. The molecule has 4 heteroatoms. The quantitative estimate of drug-likeness (QED) is 0.885. The van der Waals surface area contributed by atoms with Crippen molar-refractivity contribution in [2.75, 3.05) is 20.3 Å². The predicted octanol–water partition coefficient (Wildman–Crippen LogP) is 3.50. The summed E-state index contributed by atoms with van der Waals surface area (Å²) >= 11 is 5.90. The second-order valence-electron chi connectivity index (χ2n) is 4.42. The molecule has 0 amide bonds. The van der Waals surface area contributed by atoms with E-state index in [-0.39, 0.29) is 12.5 Å². The van der Waals surface area contributed by atoms with Crippen LogP contribution >= 0.6 is 11.6 Å². The van der Waals surface area contributed by atoms with E-state index < -0.39 is 0 Å². The second-order valence-corrected chi connectivity index (χ2v) is 4.86. The lowest BCUT2D eigenvalue weighted by molar-refractivity contribution is 0.205. The Balaban J connectivity index is 2.05. The van der Waals surface area contributed by atoms with Crippen LogP contribution in [0.3, 0.4) is 0 Å². The summed E-state index contributed by atoms with van der Waals surface area (Å²) in [6, 6.07) is 14.8. The first-order valence-electron chi connectivity index (χ1n) is 6.36. The molecule has 2 aromatic rings. The van der Waals surface area contributed by atoms with E-state index in [0.29, 0.717) is 17.4 Å². The first kappa shape index (κ1) is 14.7. The van der Waals surface area contributed by atoms with E-state index in [1.54, 1.807) is 19.2 Å². The van der Waals surface area contributed by atoms with E-state index in [9.17, 15) is 5.11 Å². The maximum atomic E-state index is 9.53. The summed E-state index contributed by atoms with van der Waals surface area (Å²) in [5.74, 6) is 1.35. The molecule has 0 bridgehead atoms. The molecule has 0 fully saturated rings. The summed E-state index contributed by atoms with van der Waals surface area (Å²) in [4.78, 5) is 0. The molecule has 2 rings (SSSR count). The Hall–Kier alpha value is -1.71. The Morgan fingerprint density at radius 1 is 1.10 bits per heavy atom. The number of benzene rings is 2. The van der Waals surface area contributed by atoms with Crippen molar-refractivity contribution >= 4 is 11.6 Å². The van der Waals surface area contributed by atoms with Gasteiger partial charge in [-0.1, -0.05) is 29.8 Å². The average Bonchev–Trinajstić information content (AvgIpc) is 2.48. The van der Waals surface area contributed by atoms with Crippen LogP contribution in [0.25, 0.3) is 0 Å². The molecule has 0 saturated carbocycles. The summed E-state index contributed by atoms with van der Waals surface area (Å²) in [7, 11) is 1.62. The summed E-state index contributed by atoms with van der Waals surface area (Å²) in [5.41, 5.74) is 0.980. The Morgan fingerprint density at radius 2 is 1.85 bits per heavy atom. The van der Waals surface area contributed by atoms with Gasteiger partial charge in [-0.25, -0.2) is 0 Å². The zero-order chi connectivity index (χ0) is 14.4. The molecule has 0 aliphatic rings. The zero-order valence-corrected chi connectivity index (χ0v) is 12.0. The van der Waals surface area contributed by atoms with Gasteiger partial charge in [-0.15, -0.1) is 0 Å². The molecule has 0 aliphatic heterocycles. The molecule has 0 saturated heterocycles. The van der Waals surface area contributed by atoms with E-state index in [0.717, 1.165) is 11.3 Å². The largest absolute Gasteiger partial charge is 0.497 e. The third-order valence-corrected chi connectivity index (χ3v) is 3.27. The van der Waals surface area contributed by atoms with E-state index >= 15 is 0 Å². The fourth-order valence-electron chi connectivity index (χ4n) is 1.90. The van der Waals surface area contributed by atoms with E-state index in [2.05, 4.69) is 0 Å². The highest BCUT2D eigenvalue weighted by atomic mass is 35.5. The Bertz CT molecular complexity index is 557. The van der Waals surface area contributed by atoms with Crippen molar-refractivity contribution in [1.29, 1.82) is 0 Å². The molecule has 0 heterocycles. The van der Waals surface area contributed by atoms with Crippen LogP contribution in [0, 0.1) is 0 Å². The van der Waals surface area contributed by atoms with Crippen molar-refractivity contribution in [3.8, 4) is 11.5 Å². The van der Waals surface area contributed by atoms with Crippen molar-refractivity contribution in [2.24, 2.45) is 0 Å². The zero-order valence-electron chi connectivity index (χ0n) is 11.3. The van der Waals surface area contributed by atoms with Gasteiger partial charge in [-0.05, 0) is 35.9 Å². The third-order valence-electron chi connectivity index (χ3n) is 3.03.